The Morgan fingerprint density at radius 1 is 1.14 bits per heavy atom. The van der Waals surface area contributed by atoms with Crippen molar-refractivity contribution in [3.63, 3.8) is 0 Å². The number of aromatic nitrogens is 2. The van der Waals surface area contributed by atoms with E-state index in [0.717, 1.165) is 4.57 Å². The molecule has 0 aliphatic rings. The second-order valence-electron chi connectivity index (χ2n) is 6.06. The zero-order valence-electron chi connectivity index (χ0n) is 15.6. The molecule has 0 fully saturated rings. The van der Waals surface area contributed by atoms with Crippen LogP contribution < -0.4 is 10.9 Å². The van der Waals surface area contributed by atoms with E-state index in [-0.39, 0.29) is 24.5 Å². The lowest BCUT2D eigenvalue weighted by Crippen LogP contribution is -2.28. The lowest BCUT2D eigenvalue weighted by Gasteiger charge is -2.11. The molecule has 0 saturated heterocycles. The highest BCUT2D eigenvalue weighted by Crippen LogP contribution is 2.17. The Labute approximate surface area is 165 Å². The van der Waals surface area contributed by atoms with Crippen molar-refractivity contribution in [1.29, 1.82) is 0 Å². The van der Waals surface area contributed by atoms with Crippen molar-refractivity contribution in [2.24, 2.45) is 0 Å². The number of amides is 1. The fourth-order valence-corrected chi connectivity index (χ4v) is 2.65. The molecule has 0 spiro atoms. The first-order valence-corrected chi connectivity index (χ1v) is 8.86. The lowest BCUT2D eigenvalue weighted by molar-refractivity contribution is -0.116. The van der Waals surface area contributed by atoms with Crippen molar-refractivity contribution < 1.29 is 18.7 Å². The topological polar surface area (TPSA) is 90.3 Å². The fourth-order valence-electron chi connectivity index (χ4n) is 2.65. The van der Waals surface area contributed by atoms with Gasteiger partial charge in [-0.05, 0) is 43.3 Å². The molecule has 2 aromatic carbocycles. The van der Waals surface area contributed by atoms with Crippen LogP contribution in [0.5, 0.6) is 0 Å². The fraction of sp³-hybridized carbons (Fsp3) is 0.143. The van der Waals surface area contributed by atoms with Crippen molar-refractivity contribution in [3.05, 3.63) is 82.7 Å². The molecule has 1 N–H and O–H groups in total. The van der Waals surface area contributed by atoms with Gasteiger partial charge in [0.2, 0.25) is 5.91 Å². The van der Waals surface area contributed by atoms with E-state index in [1.54, 1.807) is 31.2 Å². The van der Waals surface area contributed by atoms with Crippen molar-refractivity contribution in [3.8, 4) is 11.3 Å². The molecular formula is C21H18FN3O4. The van der Waals surface area contributed by atoms with E-state index < -0.39 is 17.4 Å². The number of hydrogen-bond donors (Lipinski definition) is 1. The predicted molar refractivity (Wildman–Crippen MR) is 105 cm³/mol. The number of hydrogen-bond acceptors (Lipinski definition) is 5. The first-order valence-electron chi connectivity index (χ1n) is 8.86. The van der Waals surface area contributed by atoms with Gasteiger partial charge in [-0.1, -0.05) is 12.1 Å². The minimum atomic E-state index is -0.550. The second kappa shape index (κ2) is 8.92. The summed E-state index contributed by atoms with van der Waals surface area (Å²) >= 11 is 0. The third-order valence-corrected chi connectivity index (χ3v) is 4.03. The van der Waals surface area contributed by atoms with Crippen LogP contribution in [0.15, 0.2) is 65.7 Å². The van der Waals surface area contributed by atoms with Gasteiger partial charge in [0.15, 0.2) is 0 Å². The molecule has 29 heavy (non-hydrogen) atoms. The van der Waals surface area contributed by atoms with Gasteiger partial charge in [-0.2, -0.15) is 0 Å². The Morgan fingerprint density at radius 3 is 2.55 bits per heavy atom. The summed E-state index contributed by atoms with van der Waals surface area (Å²) in [5.74, 6) is -1.44. The number of halogens is 1. The SMILES string of the molecule is CCOC(=O)c1ccccc1NC(=O)Cn1cnc(-c2ccc(F)cc2)cc1=O. The van der Waals surface area contributed by atoms with Gasteiger partial charge in [0.05, 0.1) is 29.9 Å². The molecule has 3 rings (SSSR count). The van der Waals surface area contributed by atoms with Gasteiger partial charge in [-0.15, -0.1) is 0 Å². The molecule has 7 nitrogen and oxygen atoms in total. The molecule has 1 aromatic heterocycles. The molecule has 0 radical (unpaired) electrons. The van der Waals surface area contributed by atoms with Crippen LogP contribution in [0.2, 0.25) is 0 Å². The van der Waals surface area contributed by atoms with Crippen molar-refractivity contribution in [2.45, 2.75) is 13.5 Å². The zero-order chi connectivity index (χ0) is 20.8. The van der Waals surface area contributed by atoms with Gasteiger partial charge in [-0.3, -0.25) is 14.2 Å². The Hall–Kier alpha value is -3.81. The van der Waals surface area contributed by atoms with Crippen molar-refractivity contribution in [2.75, 3.05) is 11.9 Å². The molecule has 1 heterocycles. The molecule has 0 aliphatic carbocycles. The number of nitrogens with one attached hydrogen (secondary N) is 1. The zero-order valence-corrected chi connectivity index (χ0v) is 15.6. The number of benzene rings is 2. The number of carbonyl (C=O) groups excluding carboxylic acids is 2. The Kier molecular flexibility index (Phi) is 6.13. The van der Waals surface area contributed by atoms with E-state index in [9.17, 15) is 18.8 Å². The highest BCUT2D eigenvalue weighted by atomic mass is 19.1. The third kappa shape index (κ3) is 4.92. The second-order valence-corrected chi connectivity index (χ2v) is 6.06. The Balaban J connectivity index is 1.74. The maximum Gasteiger partial charge on any atom is 0.340 e. The standard InChI is InChI=1S/C21H18FN3O4/c1-2-29-21(28)16-5-3-4-6-17(16)24-19(26)12-25-13-23-18(11-20(25)27)14-7-9-15(22)10-8-14/h3-11,13H,2,12H2,1H3,(H,24,26). The summed E-state index contributed by atoms with van der Waals surface area (Å²) in [6, 6.07) is 13.3. The monoisotopic (exact) mass is 395 g/mol. The highest BCUT2D eigenvalue weighted by molar-refractivity contribution is 6.01. The molecule has 0 bridgehead atoms. The van der Waals surface area contributed by atoms with Crippen molar-refractivity contribution in [1.82, 2.24) is 9.55 Å². The van der Waals surface area contributed by atoms with Crippen LogP contribution in [0.25, 0.3) is 11.3 Å². The van der Waals surface area contributed by atoms with Crippen LogP contribution in [0.3, 0.4) is 0 Å². The summed E-state index contributed by atoms with van der Waals surface area (Å²) in [5, 5.41) is 2.61. The van der Waals surface area contributed by atoms with E-state index in [1.165, 1.54) is 36.7 Å². The van der Waals surface area contributed by atoms with Gasteiger partial charge >= 0.3 is 5.97 Å². The lowest BCUT2D eigenvalue weighted by atomic mass is 10.1. The molecule has 3 aromatic rings. The average Bonchev–Trinajstić information content (AvgIpc) is 2.70. The van der Waals surface area contributed by atoms with Gasteiger partial charge in [0, 0.05) is 11.6 Å². The number of carbonyl (C=O) groups is 2. The van der Waals surface area contributed by atoms with Crippen LogP contribution in [0, 0.1) is 5.82 Å². The number of rotatable bonds is 6. The van der Waals surface area contributed by atoms with E-state index in [1.807, 2.05) is 0 Å². The largest absolute Gasteiger partial charge is 0.462 e. The minimum Gasteiger partial charge on any atom is -0.462 e. The van der Waals surface area contributed by atoms with Gasteiger partial charge < -0.3 is 10.1 Å². The number of nitrogens with zero attached hydrogens (tertiary/aromatic N) is 2. The quantitative estimate of drug-likeness (QED) is 0.648. The highest BCUT2D eigenvalue weighted by Gasteiger charge is 2.14. The Morgan fingerprint density at radius 2 is 1.86 bits per heavy atom. The first kappa shape index (κ1) is 19.9. The molecule has 0 atom stereocenters. The van der Waals surface area contributed by atoms with Crippen LogP contribution in [0.1, 0.15) is 17.3 Å². The molecule has 148 valence electrons. The Bertz CT molecular complexity index is 1090. The molecule has 8 heteroatoms. The van der Waals surface area contributed by atoms with E-state index in [4.69, 9.17) is 4.74 Å². The average molecular weight is 395 g/mol. The molecule has 1 amide bonds. The molecule has 0 aliphatic heterocycles. The first-order chi connectivity index (χ1) is 14.0. The van der Waals surface area contributed by atoms with Crippen LogP contribution in [-0.4, -0.2) is 28.0 Å². The smallest absolute Gasteiger partial charge is 0.340 e. The van der Waals surface area contributed by atoms with Gasteiger partial charge in [-0.25, -0.2) is 14.2 Å². The molecular weight excluding hydrogens is 377 g/mol. The summed E-state index contributed by atoms with van der Waals surface area (Å²) in [7, 11) is 0. The van der Waals surface area contributed by atoms with Gasteiger partial charge in [0.25, 0.3) is 5.56 Å². The van der Waals surface area contributed by atoms with E-state index >= 15 is 0 Å². The van der Waals surface area contributed by atoms with Crippen molar-refractivity contribution >= 4 is 17.6 Å². The van der Waals surface area contributed by atoms with E-state index in [2.05, 4.69) is 10.3 Å². The summed E-state index contributed by atoms with van der Waals surface area (Å²) in [6.07, 6.45) is 1.25. The normalized spacial score (nSPS) is 10.4. The summed E-state index contributed by atoms with van der Waals surface area (Å²) in [5.41, 5.74) is 1.04. The molecule has 0 saturated carbocycles. The van der Waals surface area contributed by atoms with Crippen LogP contribution in [-0.2, 0) is 16.1 Å². The van der Waals surface area contributed by atoms with Gasteiger partial charge in [0.1, 0.15) is 12.4 Å². The number of esters is 1. The number of para-hydroxylation sites is 1. The predicted octanol–water partition coefficient (Wildman–Crippen LogP) is 2.86. The van der Waals surface area contributed by atoms with Crippen LogP contribution in [0.4, 0.5) is 10.1 Å². The third-order valence-electron chi connectivity index (χ3n) is 4.03. The summed E-state index contributed by atoms with van der Waals surface area (Å²) in [6.45, 7) is 1.61. The maximum atomic E-state index is 13.0. The number of anilines is 1. The summed E-state index contributed by atoms with van der Waals surface area (Å²) < 4.78 is 19.1. The maximum absolute atomic E-state index is 13.0. The molecule has 0 unspecified atom stereocenters. The minimum absolute atomic E-state index is 0.211. The summed E-state index contributed by atoms with van der Waals surface area (Å²) in [4.78, 5) is 40.8. The number of ether oxygens (including phenoxy) is 1. The van der Waals surface area contributed by atoms with E-state index in [0.29, 0.717) is 16.9 Å². The van der Waals surface area contributed by atoms with Crippen LogP contribution >= 0.6 is 0 Å².